The Bertz CT molecular complexity index is 832. The Labute approximate surface area is 165 Å². The van der Waals surface area contributed by atoms with Crippen molar-refractivity contribution >= 4 is 17.2 Å². The van der Waals surface area contributed by atoms with E-state index in [1.165, 1.54) is 16.6 Å². The summed E-state index contributed by atoms with van der Waals surface area (Å²) in [6, 6.07) is 8.30. The molecule has 1 aromatic heterocycles. The van der Waals surface area contributed by atoms with Gasteiger partial charge in [-0.2, -0.15) is 0 Å². The summed E-state index contributed by atoms with van der Waals surface area (Å²) in [7, 11) is 0. The van der Waals surface area contributed by atoms with Crippen LogP contribution in [0.15, 0.2) is 34.4 Å². The Morgan fingerprint density at radius 2 is 1.85 bits per heavy atom. The number of hydrogen-bond donors (Lipinski definition) is 1. The Morgan fingerprint density at radius 1 is 1.19 bits per heavy atom. The van der Waals surface area contributed by atoms with E-state index in [9.17, 15) is 9.59 Å². The number of thiazole rings is 1. The van der Waals surface area contributed by atoms with Crippen molar-refractivity contribution in [3.05, 3.63) is 56.1 Å². The molecule has 0 aliphatic carbocycles. The number of nitrogens with zero attached hydrogens (tertiary/aromatic N) is 2. The zero-order valence-electron chi connectivity index (χ0n) is 16.4. The highest BCUT2D eigenvalue weighted by Gasteiger charge is 2.22. The van der Waals surface area contributed by atoms with Gasteiger partial charge in [-0.1, -0.05) is 49.4 Å². The number of piperidine rings is 1. The van der Waals surface area contributed by atoms with Gasteiger partial charge < -0.3 is 5.32 Å². The van der Waals surface area contributed by atoms with Crippen LogP contribution in [0.5, 0.6) is 0 Å². The predicted octanol–water partition coefficient (Wildman–Crippen LogP) is 3.01. The Hall–Kier alpha value is -1.92. The summed E-state index contributed by atoms with van der Waals surface area (Å²) in [6.45, 7) is 10.2. The summed E-state index contributed by atoms with van der Waals surface area (Å²) in [4.78, 5) is 26.5. The lowest BCUT2D eigenvalue weighted by Crippen LogP contribution is -2.38. The number of carbonyl (C=O) groups is 1. The summed E-state index contributed by atoms with van der Waals surface area (Å²) in [5.74, 6) is 1.33. The maximum Gasteiger partial charge on any atom is 0.307 e. The second kappa shape index (κ2) is 8.85. The molecule has 0 spiro atoms. The molecule has 2 heterocycles. The first-order valence-electron chi connectivity index (χ1n) is 9.63. The molecule has 1 aromatic carbocycles. The molecule has 6 heteroatoms. The lowest BCUT2D eigenvalue weighted by Gasteiger charge is -2.35. The van der Waals surface area contributed by atoms with Gasteiger partial charge in [0.1, 0.15) is 6.54 Å². The van der Waals surface area contributed by atoms with Gasteiger partial charge >= 0.3 is 4.87 Å². The molecule has 1 amide bonds. The molecule has 5 nitrogen and oxygen atoms in total. The Morgan fingerprint density at radius 3 is 2.48 bits per heavy atom. The van der Waals surface area contributed by atoms with Gasteiger partial charge in [-0.15, -0.1) is 0 Å². The molecule has 3 rings (SSSR count). The average Bonchev–Trinajstić information content (AvgIpc) is 2.92. The van der Waals surface area contributed by atoms with E-state index in [1.54, 1.807) is 5.38 Å². The quantitative estimate of drug-likeness (QED) is 0.829. The van der Waals surface area contributed by atoms with Crippen LogP contribution < -0.4 is 10.2 Å². The second-order valence-corrected chi connectivity index (χ2v) is 8.74. The molecular weight excluding hydrogens is 358 g/mol. The first-order chi connectivity index (χ1) is 12.9. The molecule has 27 heavy (non-hydrogen) atoms. The number of benzene rings is 1. The highest BCUT2D eigenvalue weighted by atomic mass is 32.1. The number of hydrogen-bond acceptors (Lipinski definition) is 4. The van der Waals surface area contributed by atoms with Crippen LogP contribution in [0.4, 0.5) is 0 Å². The molecule has 0 bridgehead atoms. The molecule has 1 N–H and O–H groups in total. The van der Waals surface area contributed by atoms with Crippen LogP contribution >= 0.6 is 11.3 Å². The van der Waals surface area contributed by atoms with Crippen LogP contribution in [0, 0.1) is 18.8 Å². The van der Waals surface area contributed by atoms with Crippen molar-refractivity contribution in [3.63, 3.8) is 0 Å². The number of amides is 1. The predicted molar refractivity (Wildman–Crippen MR) is 110 cm³/mol. The molecule has 0 unspecified atom stereocenters. The van der Waals surface area contributed by atoms with Crippen LogP contribution in [0.1, 0.15) is 37.1 Å². The van der Waals surface area contributed by atoms with E-state index in [0.29, 0.717) is 6.54 Å². The number of aromatic nitrogens is 1. The van der Waals surface area contributed by atoms with Gasteiger partial charge in [0.15, 0.2) is 0 Å². The lowest BCUT2D eigenvalue weighted by molar-refractivity contribution is -0.121. The first kappa shape index (κ1) is 19.8. The van der Waals surface area contributed by atoms with Crippen molar-refractivity contribution in [1.29, 1.82) is 0 Å². The van der Waals surface area contributed by atoms with Gasteiger partial charge in [-0.25, -0.2) is 0 Å². The van der Waals surface area contributed by atoms with E-state index in [1.807, 2.05) is 13.0 Å². The van der Waals surface area contributed by atoms with Crippen molar-refractivity contribution in [2.75, 3.05) is 13.1 Å². The summed E-state index contributed by atoms with van der Waals surface area (Å²) in [5.41, 5.74) is 3.24. The number of rotatable bonds is 6. The minimum absolute atomic E-state index is 0.0808. The highest BCUT2D eigenvalue weighted by molar-refractivity contribution is 7.07. The summed E-state index contributed by atoms with van der Waals surface area (Å²) in [5, 5.41) is 4.76. The standard InChI is InChI=1S/C21H29N3O2S/c1-15-8-16(2)11-23(10-15)12-19-7-5-4-6-18(19)9-22-20(25)13-24-17(3)14-27-21(24)26/h4-7,14-16H,8-13H2,1-3H3,(H,22,25)/t15-,16-/m0/s1. The fourth-order valence-electron chi connectivity index (χ4n) is 4.04. The van der Waals surface area contributed by atoms with Crippen LogP contribution in [-0.4, -0.2) is 28.5 Å². The molecule has 1 aliphatic rings. The van der Waals surface area contributed by atoms with E-state index in [-0.39, 0.29) is 17.3 Å². The van der Waals surface area contributed by atoms with Crippen LogP contribution in [-0.2, 0) is 24.4 Å². The van der Waals surface area contributed by atoms with Crippen LogP contribution in [0.3, 0.4) is 0 Å². The van der Waals surface area contributed by atoms with Crippen molar-refractivity contribution in [3.8, 4) is 0 Å². The van der Waals surface area contributed by atoms with Crippen molar-refractivity contribution < 1.29 is 4.79 Å². The van der Waals surface area contributed by atoms with Crippen molar-refractivity contribution in [1.82, 2.24) is 14.8 Å². The molecule has 2 aromatic rings. The zero-order chi connectivity index (χ0) is 19.4. The Balaban J connectivity index is 1.60. The molecule has 146 valence electrons. The highest BCUT2D eigenvalue weighted by Crippen LogP contribution is 2.23. The normalized spacial score (nSPS) is 20.6. The van der Waals surface area contributed by atoms with Gasteiger partial charge in [0.2, 0.25) is 5.91 Å². The van der Waals surface area contributed by atoms with E-state index < -0.39 is 0 Å². The van der Waals surface area contributed by atoms with E-state index >= 15 is 0 Å². The van der Waals surface area contributed by atoms with Gasteiger partial charge in [0.25, 0.3) is 0 Å². The molecule has 0 saturated carbocycles. The summed E-state index contributed by atoms with van der Waals surface area (Å²) >= 11 is 1.13. The third kappa shape index (κ3) is 5.30. The largest absolute Gasteiger partial charge is 0.350 e. The maximum atomic E-state index is 12.3. The molecule has 2 atom stereocenters. The SMILES string of the molecule is Cc1csc(=O)n1CC(=O)NCc1ccccc1CN1C[C@@H](C)C[C@H](C)C1. The molecule has 1 fully saturated rings. The molecule has 0 radical (unpaired) electrons. The van der Waals surface area contributed by atoms with Gasteiger partial charge in [0, 0.05) is 37.3 Å². The van der Waals surface area contributed by atoms with Crippen molar-refractivity contribution in [2.45, 2.75) is 46.8 Å². The molecule has 1 saturated heterocycles. The number of aryl methyl sites for hydroxylation is 1. The van der Waals surface area contributed by atoms with Gasteiger partial charge in [-0.05, 0) is 36.3 Å². The monoisotopic (exact) mass is 387 g/mol. The number of likely N-dealkylation sites (tertiary alicyclic amines) is 1. The van der Waals surface area contributed by atoms with E-state index in [2.05, 4.69) is 42.3 Å². The summed E-state index contributed by atoms with van der Waals surface area (Å²) < 4.78 is 1.52. The third-order valence-corrected chi connectivity index (χ3v) is 6.09. The van der Waals surface area contributed by atoms with Gasteiger partial charge in [-0.3, -0.25) is 19.1 Å². The molecule has 1 aliphatic heterocycles. The second-order valence-electron chi connectivity index (χ2n) is 7.91. The minimum atomic E-state index is -0.131. The Kier molecular flexibility index (Phi) is 6.50. The van der Waals surface area contributed by atoms with E-state index in [4.69, 9.17) is 0 Å². The topological polar surface area (TPSA) is 54.3 Å². The number of nitrogens with one attached hydrogen (secondary N) is 1. The first-order valence-corrected chi connectivity index (χ1v) is 10.5. The lowest BCUT2D eigenvalue weighted by atomic mass is 9.91. The maximum absolute atomic E-state index is 12.3. The number of carbonyl (C=O) groups excluding carboxylic acids is 1. The van der Waals surface area contributed by atoms with Crippen LogP contribution in [0.2, 0.25) is 0 Å². The summed E-state index contributed by atoms with van der Waals surface area (Å²) in [6.07, 6.45) is 1.30. The fourth-order valence-corrected chi connectivity index (χ4v) is 4.77. The van der Waals surface area contributed by atoms with E-state index in [0.717, 1.165) is 54.1 Å². The smallest absolute Gasteiger partial charge is 0.307 e. The van der Waals surface area contributed by atoms with Crippen molar-refractivity contribution in [2.24, 2.45) is 11.8 Å². The minimum Gasteiger partial charge on any atom is -0.350 e. The molecular formula is C21H29N3O2S. The third-order valence-electron chi connectivity index (χ3n) is 5.21. The zero-order valence-corrected chi connectivity index (χ0v) is 17.2. The van der Waals surface area contributed by atoms with Crippen LogP contribution in [0.25, 0.3) is 0 Å². The van der Waals surface area contributed by atoms with Gasteiger partial charge in [0.05, 0.1) is 0 Å². The fraction of sp³-hybridized carbons (Fsp3) is 0.524. The average molecular weight is 388 g/mol.